The van der Waals surface area contributed by atoms with Gasteiger partial charge in [0, 0.05) is 16.5 Å². The third-order valence-corrected chi connectivity index (χ3v) is 6.26. The van der Waals surface area contributed by atoms with E-state index in [1.165, 1.54) is 55.3 Å². The summed E-state index contributed by atoms with van der Waals surface area (Å²) in [6, 6.07) is 43.6. The standard InChI is InChI=1S/C31H23N/c1-22-18-19-31-29(20-22)28-16-7-8-17-30(28)32(31)25-13-9-12-24(21-25)27-15-6-5-14-26(27)23-10-3-2-4-11-23/h2-21H,1H3. The Kier molecular flexibility index (Phi) is 4.40. The molecule has 0 aliphatic rings. The summed E-state index contributed by atoms with van der Waals surface area (Å²) < 4.78 is 2.39. The van der Waals surface area contributed by atoms with Gasteiger partial charge in [-0.2, -0.15) is 0 Å². The Morgan fingerprint density at radius 2 is 1.12 bits per heavy atom. The van der Waals surface area contributed by atoms with Crippen LogP contribution in [0, 0.1) is 6.92 Å². The molecule has 0 aliphatic carbocycles. The van der Waals surface area contributed by atoms with Gasteiger partial charge in [-0.15, -0.1) is 0 Å². The lowest BCUT2D eigenvalue weighted by molar-refractivity contribution is 1.18. The second-order valence-electron chi connectivity index (χ2n) is 8.34. The van der Waals surface area contributed by atoms with E-state index in [0.717, 1.165) is 0 Å². The van der Waals surface area contributed by atoms with E-state index >= 15 is 0 Å². The highest BCUT2D eigenvalue weighted by molar-refractivity contribution is 6.09. The summed E-state index contributed by atoms with van der Waals surface area (Å²) in [5.74, 6) is 0. The summed E-state index contributed by atoms with van der Waals surface area (Å²) in [5.41, 5.74) is 9.90. The molecule has 0 bridgehead atoms. The molecule has 0 saturated heterocycles. The SMILES string of the molecule is Cc1ccc2c(c1)c1ccccc1n2-c1cccc(-c2ccccc2-c2ccccc2)c1. The van der Waals surface area contributed by atoms with Gasteiger partial charge in [-0.1, -0.05) is 96.6 Å². The van der Waals surface area contributed by atoms with E-state index in [1.807, 2.05) is 0 Å². The van der Waals surface area contributed by atoms with Crippen molar-refractivity contribution in [2.75, 3.05) is 0 Å². The van der Waals surface area contributed by atoms with Crippen molar-refractivity contribution < 1.29 is 0 Å². The van der Waals surface area contributed by atoms with E-state index < -0.39 is 0 Å². The first-order valence-corrected chi connectivity index (χ1v) is 11.0. The Morgan fingerprint density at radius 3 is 1.97 bits per heavy atom. The third-order valence-electron chi connectivity index (χ3n) is 6.26. The number of hydrogen-bond acceptors (Lipinski definition) is 0. The maximum absolute atomic E-state index is 2.39. The molecule has 0 atom stereocenters. The first kappa shape index (κ1) is 18.7. The van der Waals surface area contributed by atoms with Crippen LogP contribution in [0.2, 0.25) is 0 Å². The fourth-order valence-corrected chi connectivity index (χ4v) is 4.78. The van der Waals surface area contributed by atoms with E-state index in [-0.39, 0.29) is 0 Å². The third kappa shape index (κ3) is 3.02. The number of hydrogen-bond donors (Lipinski definition) is 0. The average molecular weight is 410 g/mol. The molecule has 6 aromatic rings. The monoisotopic (exact) mass is 409 g/mol. The molecule has 0 radical (unpaired) electrons. The first-order valence-electron chi connectivity index (χ1n) is 11.0. The highest BCUT2D eigenvalue weighted by Crippen LogP contribution is 2.36. The molecule has 5 aromatic carbocycles. The van der Waals surface area contributed by atoms with Gasteiger partial charge in [0.15, 0.2) is 0 Å². The van der Waals surface area contributed by atoms with Crippen LogP contribution in [-0.2, 0) is 0 Å². The minimum Gasteiger partial charge on any atom is -0.309 e. The maximum atomic E-state index is 2.39. The minimum atomic E-state index is 1.18. The van der Waals surface area contributed by atoms with Crippen LogP contribution in [0.3, 0.4) is 0 Å². The van der Waals surface area contributed by atoms with Gasteiger partial charge in [0.1, 0.15) is 0 Å². The second kappa shape index (κ2) is 7.55. The van der Waals surface area contributed by atoms with Crippen LogP contribution in [0.4, 0.5) is 0 Å². The molecule has 1 heteroatoms. The highest BCUT2D eigenvalue weighted by Gasteiger charge is 2.13. The summed E-state index contributed by atoms with van der Waals surface area (Å²) in [6.07, 6.45) is 0. The van der Waals surface area contributed by atoms with Gasteiger partial charge in [-0.3, -0.25) is 0 Å². The minimum absolute atomic E-state index is 1.18. The first-order chi connectivity index (χ1) is 15.8. The molecule has 1 nitrogen and oxygen atoms in total. The lowest BCUT2D eigenvalue weighted by Gasteiger charge is -2.13. The van der Waals surface area contributed by atoms with Crippen molar-refractivity contribution in [2.24, 2.45) is 0 Å². The lowest BCUT2D eigenvalue weighted by Crippen LogP contribution is -1.94. The number of para-hydroxylation sites is 1. The van der Waals surface area contributed by atoms with Crippen molar-refractivity contribution >= 4 is 21.8 Å². The summed E-state index contributed by atoms with van der Waals surface area (Å²) >= 11 is 0. The van der Waals surface area contributed by atoms with Crippen molar-refractivity contribution in [3.8, 4) is 27.9 Å². The number of aryl methyl sites for hydroxylation is 1. The lowest BCUT2D eigenvalue weighted by atomic mass is 9.94. The van der Waals surface area contributed by atoms with E-state index in [9.17, 15) is 0 Å². The van der Waals surface area contributed by atoms with E-state index in [1.54, 1.807) is 0 Å². The van der Waals surface area contributed by atoms with Crippen LogP contribution in [-0.4, -0.2) is 4.57 Å². The molecular formula is C31H23N. The fourth-order valence-electron chi connectivity index (χ4n) is 4.78. The van der Waals surface area contributed by atoms with Crippen molar-refractivity contribution in [3.63, 3.8) is 0 Å². The van der Waals surface area contributed by atoms with Crippen LogP contribution < -0.4 is 0 Å². The van der Waals surface area contributed by atoms with Crippen LogP contribution in [0.1, 0.15) is 5.56 Å². The zero-order chi connectivity index (χ0) is 21.5. The zero-order valence-electron chi connectivity index (χ0n) is 18.0. The molecule has 0 spiro atoms. The smallest absolute Gasteiger partial charge is 0.0541 e. The van der Waals surface area contributed by atoms with Gasteiger partial charge in [0.05, 0.1) is 11.0 Å². The Labute approximate surface area is 188 Å². The van der Waals surface area contributed by atoms with Crippen molar-refractivity contribution in [3.05, 3.63) is 127 Å². The molecule has 0 saturated carbocycles. The highest BCUT2D eigenvalue weighted by atomic mass is 15.0. The summed E-state index contributed by atoms with van der Waals surface area (Å²) in [5, 5.41) is 2.59. The van der Waals surface area contributed by atoms with Gasteiger partial charge < -0.3 is 4.57 Å². The molecule has 6 rings (SSSR count). The Hall–Kier alpha value is -4.10. The molecule has 1 aromatic heterocycles. The average Bonchev–Trinajstić information content (AvgIpc) is 3.18. The summed E-state index contributed by atoms with van der Waals surface area (Å²) in [6.45, 7) is 2.16. The molecule has 0 amide bonds. The van der Waals surface area contributed by atoms with Crippen molar-refractivity contribution in [1.82, 2.24) is 4.57 Å². The fraction of sp³-hybridized carbons (Fsp3) is 0.0323. The van der Waals surface area contributed by atoms with Crippen LogP contribution in [0.15, 0.2) is 121 Å². The number of rotatable bonds is 3. The summed E-state index contributed by atoms with van der Waals surface area (Å²) in [7, 11) is 0. The number of fused-ring (bicyclic) bond motifs is 3. The maximum Gasteiger partial charge on any atom is 0.0541 e. The topological polar surface area (TPSA) is 4.93 Å². The van der Waals surface area contributed by atoms with Crippen LogP contribution >= 0.6 is 0 Å². The van der Waals surface area contributed by atoms with E-state index in [2.05, 4.69) is 133 Å². The number of nitrogens with zero attached hydrogens (tertiary/aromatic N) is 1. The van der Waals surface area contributed by atoms with Gasteiger partial charge >= 0.3 is 0 Å². The second-order valence-corrected chi connectivity index (χ2v) is 8.34. The molecule has 1 heterocycles. The molecule has 0 unspecified atom stereocenters. The van der Waals surface area contributed by atoms with Crippen molar-refractivity contribution in [2.45, 2.75) is 6.92 Å². The predicted octanol–water partition coefficient (Wildman–Crippen LogP) is 8.43. The van der Waals surface area contributed by atoms with Gasteiger partial charge in [-0.05, 0) is 59.5 Å². The van der Waals surface area contributed by atoms with E-state index in [4.69, 9.17) is 0 Å². The van der Waals surface area contributed by atoms with Gasteiger partial charge in [0.25, 0.3) is 0 Å². The Balaban J connectivity index is 1.59. The summed E-state index contributed by atoms with van der Waals surface area (Å²) in [4.78, 5) is 0. The quantitative estimate of drug-likeness (QED) is 0.276. The van der Waals surface area contributed by atoms with Crippen molar-refractivity contribution in [1.29, 1.82) is 0 Å². The normalized spacial score (nSPS) is 11.3. The van der Waals surface area contributed by atoms with Gasteiger partial charge in [-0.25, -0.2) is 0 Å². The Morgan fingerprint density at radius 1 is 0.469 bits per heavy atom. The molecule has 0 fully saturated rings. The molecule has 0 N–H and O–H groups in total. The van der Waals surface area contributed by atoms with Crippen LogP contribution in [0.5, 0.6) is 0 Å². The molecule has 152 valence electrons. The number of benzene rings is 5. The Bertz CT molecular complexity index is 1570. The van der Waals surface area contributed by atoms with E-state index in [0.29, 0.717) is 0 Å². The molecule has 0 aliphatic heterocycles. The number of aromatic nitrogens is 1. The zero-order valence-corrected chi connectivity index (χ0v) is 18.0. The molecule has 32 heavy (non-hydrogen) atoms. The van der Waals surface area contributed by atoms with Gasteiger partial charge in [0.2, 0.25) is 0 Å². The largest absolute Gasteiger partial charge is 0.309 e. The molecular weight excluding hydrogens is 386 g/mol. The van der Waals surface area contributed by atoms with Crippen LogP contribution in [0.25, 0.3) is 49.7 Å². The predicted molar refractivity (Wildman–Crippen MR) is 136 cm³/mol.